The van der Waals surface area contributed by atoms with Crippen LogP contribution in [-0.4, -0.2) is 52.0 Å². The third-order valence-corrected chi connectivity index (χ3v) is 3.67. The van der Waals surface area contributed by atoms with E-state index >= 15 is 0 Å². The maximum Gasteiger partial charge on any atom is 0.195 e. The first-order valence-electron chi connectivity index (χ1n) is 6.60. The molecule has 6 heteroatoms. The van der Waals surface area contributed by atoms with Crippen LogP contribution in [-0.2, 0) is 11.3 Å². The molecule has 1 aromatic rings. The fourth-order valence-electron chi connectivity index (χ4n) is 2.33. The minimum Gasteiger partial charge on any atom is -0.374 e. The third-order valence-electron chi connectivity index (χ3n) is 3.36. The maximum absolute atomic E-state index is 5.82. The summed E-state index contributed by atoms with van der Waals surface area (Å²) in [6.07, 6.45) is 0.209. The first-order valence-corrected chi connectivity index (χ1v) is 7.01. The second kappa shape index (κ2) is 5.95. The molecular weight excluding hydrogens is 248 g/mol. The Balaban J connectivity index is 2.09. The largest absolute Gasteiger partial charge is 0.374 e. The molecule has 102 valence electrons. The Morgan fingerprint density at radius 2 is 2.33 bits per heavy atom. The van der Waals surface area contributed by atoms with Crippen LogP contribution in [0.4, 0.5) is 0 Å². The minimum atomic E-state index is 0.209. The van der Waals surface area contributed by atoms with Gasteiger partial charge in [-0.1, -0.05) is 20.8 Å². The summed E-state index contributed by atoms with van der Waals surface area (Å²) in [5, 5.41) is 7.18. The van der Waals surface area contributed by atoms with Gasteiger partial charge in [0.15, 0.2) is 4.77 Å². The molecule has 0 aromatic carbocycles. The number of rotatable bonds is 4. The molecule has 0 spiro atoms. The van der Waals surface area contributed by atoms with Crippen molar-refractivity contribution in [2.75, 3.05) is 26.2 Å². The van der Waals surface area contributed by atoms with Crippen molar-refractivity contribution >= 4 is 12.2 Å². The molecule has 1 saturated heterocycles. The lowest BCUT2D eigenvalue weighted by Crippen LogP contribution is -2.44. The highest BCUT2D eigenvalue weighted by molar-refractivity contribution is 7.71. The van der Waals surface area contributed by atoms with Crippen molar-refractivity contribution in [3.05, 3.63) is 10.6 Å². The monoisotopic (exact) mass is 270 g/mol. The number of aromatic amines is 1. The van der Waals surface area contributed by atoms with E-state index in [4.69, 9.17) is 17.0 Å². The molecule has 1 atom stereocenters. The molecule has 5 nitrogen and oxygen atoms in total. The van der Waals surface area contributed by atoms with Crippen molar-refractivity contribution in [2.24, 2.45) is 0 Å². The summed E-state index contributed by atoms with van der Waals surface area (Å²) in [4.78, 5) is 2.41. The van der Waals surface area contributed by atoms with Crippen LogP contribution in [0.5, 0.6) is 0 Å². The molecule has 2 rings (SSSR count). The van der Waals surface area contributed by atoms with Gasteiger partial charge < -0.3 is 9.30 Å². The molecule has 0 bridgehead atoms. The van der Waals surface area contributed by atoms with Crippen LogP contribution in [0.25, 0.3) is 0 Å². The van der Waals surface area contributed by atoms with E-state index in [1.807, 2.05) is 0 Å². The molecule has 1 aromatic heterocycles. The van der Waals surface area contributed by atoms with Gasteiger partial charge in [0.2, 0.25) is 0 Å². The first-order chi connectivity index (χ1) is 8.61. The zero-order valence-electron chi connectivity index (χ0n) is 11.3. The zero-order chi connectivity index (χ0) is 13.1. The highest BCUT2D eigenvalue weighted by atomic mass is 32.1. The van der Waals surface area contributed by atoms with Crippen molar-refractivity contribution in [2.45, 2.75) is 39.3 Å². The lowest BCUT2D eigenvalue weighted by Gasteiger charge is -2.32. The van der Waals surface area contributed by atoms with Crippen molar-refractivity contribution in [1.82, 2.24) is 19.7 Å². The van der Waals surface area contributed by atoms with Crippen LogP contribution in [0.2, 0.25) is 0 Å². The highest BCUT2D eigenvalue weighted by Crippen LogP contribution is 2.14. The number of nitrogens with zero attached hydrogens (tertiary/aromatic N) is 3. The molecule has 1 unspecified atom stereocenters. The van der Waals surface area contributed by atoms with Gasteiger partial charge in [0, 0.05) is 19.0 Å². The summed E-state index contributed by atoms with van der Waals surface area (Å²) < 4.78 is 8.59. The summed E-state index contributed by atoms with van der Waals surface area (Å²) in [7, 11) is 0. The SMILES string of the molecule is CCN1CCOC(Cn2c(C(C)C)n[nH]c2=S)C1. The summed E-state index contributed by atoms with van der Waals surface area (Å²) >= 11 is 5.29. The van der Waals surface area contributed by atoms with E-state index in [-0.39, 0.29) is 6.10 Å². The van der Waals surface area contributed by atoms with Gasteiger partial charge in [-0.15, -0.1) is 0 Å². The second-order valence-corrected chi connectivity index (χ2v) is 5.42. The van der Waals surface area contributed by atoms with Gasteiger partial charge in [0.25, 0.3) is 0 Å². The van der Waals surface area contributed by atoms with Crippen LogP contribution in [0, 0.1) is 4.77 Å². The van der Waals surface area contributed by atoms with E-state index in [2.05, 4.69) is 40.4 Å². The number of hydrogen-bond acceptors (Lipinski definition) is 4. The fraction of sp³-hybridized carbons (Fsp3) is 0.833. The molecule has 1 N–H and O–H groups in total. The van der Waals surface area contributed by atoms with Crippen LogP contribution < -0.4 is 0 Å². The van der Waals surface area contributed by atoms with E-state index in [0.717, 1.165) is 38.6 Å². The molecule has 2 heterocycles. The maximum atomic E-state index is 5.82. The Labute approximate surface area is 113 Å². The number of ether oxygens (including phenoxy) is 1. The van der Waals surface area contributed by atoms with Gasteiger partial charge in [-0.25, -0.2) is 0 Å². The van der Waals surface area contributed by atoms with Gasteiger partial charge in [-0.2, -0.15) is 5.10 Å². The first kappa shape index (κ1) is 13.7. The molecule has 1 aliphatic heterocycles. The Morgan fingerprint density at radius 3 is 3.00 bits per heavy atom. The predicted octanol–water partition coefficient (Wildman–Crippen LogP) is 1.78. The van der Waals surface area contributed by atoms with E-state index in [1.165, 1.54) is 0 Å². The molecule has 0 amide bonds. The Hall–Kier alpha value is -0.720. The van der Waals surface area contributed by atoms with Crippen LogP contribution in [0.3, 0.4) is 0 Å². The summed E-state index contributed by atoms with van der Waals surface area (Å²) in [5.41, 5.74) is 0. The predicted molar refractivity (Wildman–Crippen MR) is 73.4 cm³/mol. The highest BCUT2D eigenvalue weighted by Gasteiger charge is 2.21. The van der Waals surface area contributed by atoms with Gasteiger partial charge in [0.05, 0.1) is 19.3 Å². The Bertz CT molecular complexity index is 440. The van der Waals surface area contributed by atoms with E-state index in [1.54, 1.807) is 0 Å². The standard InChI is InChI=1S/C12H22N4OS/c1-4-15-5-6-17-10(7-15)8-16-11(9(2)3)13-14-12(16)18/h9-10H,4-8H2,1-3H3,(H,14,18). The molecule has 0 saturated carbocycles. The lowest BCUT2D eigenvalue weighted by atomic mass is 10.2. The third kappa shape index (κ3) is 2.99. The van der Waals surface area contributed by atoms with Gasteiger partial charge in [-0.3, -0.25) is 10.00 Å². The smallest absolute Gasteiger partial charge is 0.195 e. The van der Waals surface area contributed by atoms with E-state index in [9.17, 15) is 0 Å². The van der Waals surface area contributed by atoms with Crippen LogP contribution >= 0.6 is 12.2 Å². The second-order valence-electron chi connectivity index (χ2n) is 5.04. The average molecular weight is 270 g/mol. The number of nitrogens with one attached hydrogen (secondary N) is 1. The molecule has 0 aliphatic carbocycles. The number of morpholine rings is 1. The van der Waals surface area contributed by atoms with Gasteiger partial charge in [0.1, 0.15) is 5.82 Å². The minimum absolute atomic E-state index is 0.209. The number of H-pyrrole nitrogens is 1. The average Bonchev–Trinajstić information content (AvgIpc) is 2.71. The van der Waals surface area contributed by atoms with Crippen molar-refractivity contribution in [1.29, 1.82) is 0 Å². The zero-order valence-corrected chi connectivity index (χ0v) is 12.2. The summed E-state index contributed by atoms with van der Waals surface area (Å²) in [6, 6.07) is 0. The lowest BCUT2D eigenvalue weighted by molar-refractivity contribution is -0.0348. The van der Waals surface area contributed by atoms with Gasteiger partial charge in [-0.05, 0) is 18.8 Å². The molecule has 1 fully saturated rings. The molecule has 18 heavy (non-hydrogen) atoms. The molecule has 1 aliphatic rings. The number of hydrogen-bond donors (Lipinski definition) is 1. The van der Waals surface area contributed by atoms with Crippen molar-refractivity contribution in [3.63, 3.8) is 0 Å². The van der Waals surface area contributed by atoms with E-state index in [0.29, 0.717) is 10.7 Å². The number of likely N-dealkylation sites (N-methyl/N-ethyl adjacent to an activating group) is 1. The quantitative estimate of drug-likeness (QED) is 0.847. The molecular formula is C12H22N4OS. The van der Waals surface area contributed by atoms with Crippen molar-refractivity contribution in [3.8, 4) is 0 Å². The topological polar surface area (TPSA) is 46.1 Å². The van der Waals surface area contributed by atoms with Gasteiger partial charge >= 0.3 is 0 Å². The van der Waals surface area contributed by atoms with Crippen molar-refractivity contribution < 1.29 is 4.74 Å². The van der Waals surface area contributed by atoms with E-state index < -0.39 is 0 Å². The summed E-state index contributed by atoms with van der Waals surface area (Å²) in [5.74, 6) is 1.38. The molecule has 0 radical (unpaired) electrons. The van der Waals surface area contributed by atoms with Crippen LogP contribution in [0.1, 0.15) is 32.5 Å². The Morgan fingerprint density at radius 1 is 1.56 bits per heavy atom. The summed E-state index contributed by atoms with van der Waals surface area (Å²) in [6.45, 7) is 11.1. The Kier molecular flexibility index (Phi) is 4.53. The number of aromatic nitrogens is 3. The normalized spacial score (nSPS) is 21.7. The fourth-order valence-corrected chi connectivity index (χ4v) is 2.54. The van der Waals surface area contributed by atoms with Crippen LogP contribution in [0.15, 0.2) is 0 Å².